The maximum absolute atomic E-state index is 12.3. The van der Waals surface area contributed by atoms with Crippen LogP contribution in [0.25, 0.3) is 0 Å². The minimum Gasteiger partial charge on any atom is -0.483 e. The monoisotopic (exact) mass is 452 g/mol. The van der Waals surface area contributed by atoms with E-state index >= 15 is 0 Å². The molecule has 0 fully saturated rings. The molecule has 1 N–H and O–H groups in total. The Balaban J connectivity index is 1.62. The van der Waals surface area contributed by atoms with Gasteiger partial charge in [-0.3, -0.25) is 4.79 Å². The average molecular weight is 453 g/mol. The number of thioether (sulfide) groups is 1. The number of rotatable bonds is 10. The van der Waals surface area contributed by atoms with Crippen molar-refractivity contribution in [3.63, 3.8) is 0 Å². The summed E-state index contributed by atoms with van der Waals surface area (Å²) >= 11 is 1.39. The SMILES string of the molecule is CC(C)c1ccc(OC(C)c2nnc(SCC(=O)NCc3ccccc3)n2C(C)C)cc1. The van der Waals surface area contributed by atoms with Gasteiger partial charge in [-0.05, 0) is 49.9 Å². The van der Waals surface area contributed by atoms with Gasteiger partial charge in [-0.1, -0.05) is 68.1 Å². The third-order valence-corrected chi connectivity index (χ3v) is 6.04. The van der Waals surface area contributed by atoms with Crippen LogP contribution in [0, 0.1) is 0 Å². The van der Waals surface area contributed by atoms with E-state index in [1.165, 1.54) is 17.3 Å². The van der Waals surface area contributed by atoms with Gasteiger partial charge in [0.2, 0.25) is 5.91 Å². The van der Waals surface area contributed by atoms with Crippen LogP contribution in [0.5, 0.6) is 5.75 Å². The third-order valence-electron chi connectivity index (χ3n) is 5.10. The molecule has 0 bridgehead atoms. The van der Waals surface area contributed by atoms with Crippen LogP contribution in [-0.4, -0.2) is 26.4 Å². The van der Waals surface area contributed by atoms with Gasteiger partial charge in [-0.25, -0.2) is 0 Å². The number of aromatic nitrogens is 3. The first-order valence-electron chi connectivity index (χ1n) is 11.0. The first kappa shape index (κ1) is 23.9. The summed E-state index contributed by atoms with van der Waals surface area (Å²) in [4.78, 5) is 12.3. The van der Waals surface area contributed by atoms with E-state index in [2.05, 4.69) is 55.3 Å². The second-order valence-corrected chi connectivity index (χ2v) is 9.28. The van der Waals surface area contributed by atoms with Crippen molar-refractivity contribution in [2.75, 3.05) is 5.75 Å². The number of benzene rings is 2. The van der Waals surface area contributed by atoms with Crippen LogP contribution < -0.4 is 10.1 Å². The van der Waals surface area contributed by atoms with Crippen molar-refractivity contribution in [2.24, 2.45) is 0 Å². The van der Waals surface area contributed by atoms with E-state index in [9.17, 15) is 4.79 Å². The summed E-state index contributed by atoms with van der Waals surface area (Å²) in [6.07, 6.45) is -0.268. The predicted molar refractivity (Wildman–Crippen MR) is 129 cm³/mol. The van der Waals surface area contributed by atoms with Crippen LogP contribution >= 0.6 is 11.8 Å². The molecule has 2 aromatic carbocycles. The minimum atomic E-state index is -0.268. The largest absolute Gasteiger partial charge is 0.483 e. The van der Waals surface area contributed by atoms with Crippen LogP contribution in [0.1, 0.15) is 69.6 Å². The highest BCUT2D eigenvalue weighted by Gasteiger charge is 2.22. The van der Waals surface area contributed by atoms with Gasteiger partial charge in [0.25, 0.3) is 0 Å². The molecule has 3 aromatic rings. The number of hydrogen-bond acceptors (Lipinski definition) is 5. The fraction of sp³-hybridized carbons (Fsp3) is 0.400. The maximum Gasteiger partial charge on any atom is 0.230 e. The summed E-state index contributed by atoms with van der Waals surface area (Å²) in [6, 6.07) is 18.2. The molecule has 1 aromatic heterocycles. The molecular formula is C25H32N4O2S. The number of ether oxygens (including phenoxy) is 1. The van der Waals surface area contributed by atoms with Gasteiger partial charge in [0.15, 0.2) is 17.1 Å². The van der Waals surface area contributed by atoms with Gasteiger partial charge in [0.1, 0.15) is 5.75 Å². The number of nitrogens with zero attached hydrogens (tertiary/aromatic N) is 3. The zero-order valence-corrected chi connectivity index (χ0v) is 20.2. The Morgan fingerprint density at radius 1 is 1.00 bits per heavy atom. The van der Waals surface area contributed by atoms with E-state index in [0.717, 1.165) is 22.3 Å². The number of carbonyl (C=O) groups is 1. The number of amides is 1. The third kappa shape index (κ3) is 6.36. The van der Waals surface area contributed by atoms with Crippen LogP contribution in [0.2, 0.25) is 0 Å². The van der Waals surface area contributed by atoms with Crippen molar-refractivity contribution in [3.05, 3.63) is 71.5 Å². The van der Waals surface area contributed by atoms with Crippen molar-refractivity contribution >= 4 is 17.7 Å². The van der Waals surface area contributed by atoms with Crippen molar-refractivity contribution in [1.82, 2.24) is 20.1 Å². The van der Waals surface area contributed by atoms with Crippen molar-refractivity contribution in [3.8, 4) is 5.75 Å². The molecule has 0 aliphatic carbocycles. The smallest absolute Gasteiger partial charge is 0.230 e. The van der Waals surface area contributed by atoms with Gasteiger partial charge >= 0.3 is 0 Å². The van der Waals surface area contributed by atoms with Gasteiger partial charge in [0, 0.05) is 12.6 Å². The molecule has 6 nitrogen and oxygen atoms in total. The molecule has 1 amide bonds. The fourth-order valence-electron chi connectivity index (χ4n) is 3.32. The number of hydrogen-bond donors (Lipinski definition) is 1. The molecule has 0 spiro atoms. The number of nitrogens with one attached hydrogen (secondary N) is 1. The van der Waals surface area contributed by atoms with E-state index in [1.807, 2.05) is 54.0 Å². The van der Waals surface area contributed by atoms with Crippen molar-refractivity contribution in [2.45, 2.75) is 64.4 Å². The normalized spacial score (nSPS) is 12.2. The van der Waals surface area contributed by atoms with E-state index < -0.39 is 0 Å². The van der Waals surface area contributed by atoms with Crippen LogP contribution in [-0.2, 0) is 11.3 Å². The fourth-order valence-corrected chi connectivity index (χ4v) is 4.22. The average Bonchev–Trinajstić information content (AvgIpc) is 3.22. The standard InChI is InChI=1S/C25H32N4O2S/c1-17(2)21-11-13-22(14-12-21)31-19(5)24-27-28-25(29(24)18(3)4)32-16-23(30)26-15-20-9-7-6-8-10-20/h6-14,17-19H,15-16H2,1-5H3,(H,26,30). The van der Waals surface area contributed by atoms with E-state index in [1.54, 1.807) is 0 Å². The highest BCUT2D eigenvalue weighted by molar-refractivity contribution is 7.99. The zero-order chi connectivity index (χ0) is 23.1. The Hall–Kier alpha value is -2.80. The zero-order valence-electron chi connectivity index (χ0n) is 19.4. The highest BCUT2D eigenvalue weighted by Crippen LogP contribution is 2.28. The Morgan fingerprint density at radius 3 is 2.31 bits per heavy atom. The Bertz CT molecular complexity index is 1000. The van der Waals surface area contributed by atoms with E-state index in [-0.39, 0.29) is 23.8 Å². The second kappa shape index (κ2) is 11.2. The van der Waals surface area contributed by atoms with E-state index in [0.29, 0.717) is 12.5 Å². The summed E-state index contributed by atoms with van der Waals surface area (Å²) in [7, 11) is 0. The first-order chi connectivity index (χ1) is 15.3. The van der Waals surface area contributed by atoms with Crippen LogP contribution in [0.15, 0.2) is 59.8 Å². The first-order valence-corrected chi connectivity index (χ1v) is 12.0. The summed E-state index contributed by atoms with van der Waals surface area (Å²) in [5.74, 6) is 2.28. The Morgan fingerprint density at radius 2 is 1.69 bits per heavy atom. The molecule has 0 aliphatic rings. The minimum absolute atomic E-state index is 0.0340. The molecule has 170 valence electrons. The molecule has 1 atom stereocenters. The maximum atomic E-state index is 12.3. The summed E-state index contributed by atoms with van der Waals surface area (Å²) < 4.78 is 8.18. The molecule has 32 heavy (non-hydrogen) atoms. The lowest BCUT2D eigenvalue weighted by Crippen LogP contribution is -2.24. The number of carbonyl (C=O) groups excluding carboxylic acids is 1. The van der Waals surface area contributed by atoms with Gasteiger partial charge < -0.3 is 14.6 Å². The molecular weight excluding hydrogens is 420 g/mol. The quantitative estimate of drug-likeness (QED) is 0.410. The topological polar surface area (TPSA) is 69.0 Å². The van der Waals surface area contributed by atoms with E-state index in [4.69, 9.17) is 4.74 Å². The lowest BCUT2D eigenvalue weighted by Gasteiger charge is -2.19. The predicted octanol–water partition coefficient (Wildman–Crippen LogP) is 5.53. The Kier molecular flexibility index (Phi) is 8.33. The van der Waals surface area contributed by atoms with Crippen LogP contribution in [0.3, 0.4) is 0 Å². The second-order valence-electron chi connectivity index (χ2n) is 8.34. The molecule has 3 rings (SSSR count). The Labute approximate surface area is 194 Å². The summed E-state index contributed by atoms with van der Waals surface area (Å²) in [5.41, 5.74) is 2.35. The van der Waals surface area contributed by atoms with Crippen LogP contribution in [0.4, 0.5) is 0 Å². The molecule has 0 aliphatic heterocycles. The molecule has 0 saturated heterocycles. The molecule has 1 heterocycles. The summed E-state index contributed by atoms with van der Waals surface area (Å²) in [6.45, 7) is 11.0. The van der Waals surface area contributed by atoms with Crippen molar-refractivity contribution < 1.29 is 9.53 Å². The summed E-state index contributed by atoms with van der Waals surface area (Å²) in [5, 5.41) is 12.4. The lowest BCUT2D eigenvalue weighted by atomic mass is 10.0. The molecule has 7 heteroatoms. The van der Waals surface area contributed by atoms with Gasteiger partial charge in [-0.2, -0.15) is 0 Å². The molecule has 1 unspecified atom stereocenters. The van der Waals surface area contributed by atoms with Gasteiger partial charge in [-0.15, -0.1) is 10.2 Å². The highest BCUT2D eigenvalue weighted by atomic mass is 32.2. The van der Waals surface area contributed by atoms with Gasteiger partial charge in [0.05, 0.1) is 5.75 Å². The molecule has 0 radical (unpaired) electrons. The lowest BCUT2D eigenvalue weighted by molar-refractivity contribution is -0.118. The van der Waals surface area contributed by atoms with Crippen molar-refractivity contribution in [1.29, 1.82) is 0 Å². The molecule has 0 saturated carbocycles.